The topological polar surface area (TPSA) is 8.17 Å². The molecule has 0 amide bonds. The molecule has 0 aliphatic rings. The molecule has 0 aliphatic heterocycles. The summed E-state index contributed by atoms with van der Waals surface area (Å²) in [7, 11) is 0. The number of benzene rings is 10. The molecule has 0 saturated carbocycles. The van der Waals surface area contributed by atoms with Gasteiger partial charge in [-0.15, -0.1) is 0 Å². The highest BCUT2D eigenvalue weighted by Gasteiger charge is 2.20. The highest BCUT2D eigenvalue weighted by Crippen LogP contribution is 2.44. The molecule has 63 heavy (non-hydrogen) atoms. The van der Waals surface area contributed by atoms with Crippen LogP contribution in [-0.4, -0.2) is 4.57 Å². The summed E-state index contributed by atoms with van der Waals surface area (Å²) in [5.41, 5.74) is 15.3. The van der Waals surface area contributed by atoms with Crippen LogP contribution in [0.5, 0.6) is 0 Å². The summed E-state index contributed by atoms with van der Waals surface area (Å²) in [5.74, 6) is 0. The predicted octanol–water partition coefficient (Wildman–Crippen LogP) is 17.5. The third-order valence-electron chi connectivity index (χ3n) is 12.3. The van der Waals surface area contributed by atoms with Gasteiger partial charge in [0.15, 0.2) is 0 Å². The Morgan fingerprint density at radius 2 is 1.03 bits per heavy atom. The maximum atomic E-state index is 7.15. The monoisotopic (exact) mass is 824 g/mol. The molecule has 0 aliphatic carbocycles. The number of halogens is 1. The first-order valence-corrected chi connectivity index (χ1v) is 21.6. The molecule has 0 saturated heterocycles. The van der Waals surface area contributed by atoms with E-state index < -0.39 is 0 Å². The molecule has 298 valence electrons. The minimum Gasteiger partial charge on any atom is -0.310 e. The van der Waals surface area contributed by atoms with Crippen LogP contribution in [0.15, 0.2) is 225 Å². The summed E-state index contributed by atoms with van der Waals surface area (Å²) in [6.45, 7) is 8.27. The van der Waals surface area contributed by atoms with Crippen molar-refractivity contribution < 1.29 is 0 Å². The molecule has 1 aromatic heterocycles. The van der Waals surface area contributed by atoms with Crippen molar-refractivity contribution in [3.05, 3.63) is 242 Å². The minimum atomic E-state index is 0.658. The first-order valence-electron chi connectivity index (χ1n) is 21.2. The van der Waals surface area contributed by atoms with Crippen molar-refractivity contribution in [2.24, 2.45) is 0 Å². The van der Waals surface area contributed by atoms with Gasteiger partial charge in [0.05, 0.1) is 11.0 Å². The molecule has 11 aromatic rings. The van der Waals surface area contributed by atoms with Gasteiger partial charge >= 0.3 is 0 Å². The van der Waals surface area contributed by atoms with Crippen molar-refractivity contribution in [1.29, 1.82) is 0 Å². The van der Waals surface area contributed by atoms with Gasteiger partial charge in [-0.3, -0.25) is 0 Å². The zero-order chi connectivity index (χ0) is 42.4. The molecule has 2 nitrogen and oxygen atoms in total. The molecule has 0 radical (unpaired) electrons. The Morgan fingerprint density at radius 3 is 1.73 bits per heavy atom. The molecular formula is C60H41ClN2. The van der Waals surface area contributed by atoms with E-state index in [1.165, 1.54) is 38.1 Å². The maximum absolute atomic E-state index is 7.15. The Bertz CT molecular complexity index is 3490. The van der Waals surface area contributed by atoms with Gasteiger partial charge in [-0.2, -0.15) is 0 Å². The fourth-order valence-corrected chi connectivity index (χ4v) is 9.49. The lowest BCUT2D eigenvalue weighted by atomic mass is 9.97. The lowest BCUT2D eigenvalue weighted by molar-refractivity contribution is 1.18. The number of hydrogen-bond acceptors (Lipinski definition) is 1. The van der Waals surface area contributed by atoms with Crippen molar-refractivity contribution in [1.82, 2.24) is 4.57 Å². The Morgan fingerprint density at radius 1 is 0.397 bits per heavy atom. The lowest BCUT2D eigenvalue weighted by Gasteiger charge is -2.27. The highest BCUT2D eigenvalue weighted by molar-refractivity contribution is 6.31. The second-order valence-corrected chi connectivity index (χ2v) is 16.5. The van der Waals surface area contributed by atoms with Gasteiger partial charge in [0, 0.05) is 38.5 Å². The van der Waals surface area contributed by atoms with Crippen LogP contribution < -0.4 is 4.90 Å². The number of hydrogen-bond donors (Lipinski definition) is 0. The van der Waals surface area contributed by atoms with E-state index in [0.29, 0.717) is 5.02 Å². The molecule has 11 rings (SSSR count). The molecule has 3 heteroatoms. The summed E-state index contributed by atoms with van der Waals surface area (Å²) >= 11 is 7.15. The first-order chi connectivity index (χ1) is 31.0. The summed E-state index contributed by atoms with van der Waals surface area (Å²) in [4.78, 5) is 2.29. The van der Waals surface area contributed by atoms with E-state index >= 15 is 0 Å². The molecule has 0 N–H and O–H groups in total. The van der Waals surface area contributed by atoms with Crippen molar-refractivity contribution >= 4 is 84.2 Å². The average Bonchev–Trinajstić information content (AvgIpc) is 3.68. The number of fused-ring (bicyclic) bond motifs is 6. The van der Waals surface area contributed by atoms with Gasteiger partial charge in [0.25, 0.3) is 0 Å². The van der Waals surface area contributed by atoms with Crippen molar-refractivity contribution in [2.45, 2.75) is 0 Å². The molecule has 1 heterocycles. The van der Waals surface area contributed by atoms with Gasteiger partial charge < -0.3 is 9.47 Å². The Balaban J connectivity index is 1.15. The van der Waals surface area contributed by atoms with Gasteiger partial charge in [-0.1, -0.05) is 170 Å². The normalized spacial score (nSPS) is 11.4. The van der Waals surface area contributed by atoms with Crippen LogP contribution >= 0.6 is 11.6 Å². The number of anilines is 3. The summed E-state index contributed by atoms with van der Waals surface area (Å²) < 4.78 is 2.44. The summed E-state index contributed by atoms with van der Waals surface area (Å²) in [6.07, 6.45) is 3.85. The summed E-state index contributed by atoms with van der Waals surface area (Å²) in [5, 5.41) is 7.74. The van der Waals surface area contributed by atoms with E-state index in [1.807, 2.05) is 12.2 Å². The fourth-order valence-electron chi connectivity index (χ4n) is 9.26. The first kappa shape index (κ1) is 38.0. The molecular weight excluding hydrogens is 784 g/mol. The van der Waals surface area contributed by atoms with Crippen LogP contribution in [0, 0.1) is 0 Å². The van der Waals surface area contributed by atoms with Crippen LogP contribution in [0.2, 0.25) is 5.02 Å². The second kappa shape index (κ2) is 15.8. The SMILES string of the molecule is C=Cc1ccc(N(c2cc(Cl)cc(-c3ccc4c(c3)c3c5ccccc5c(C=C)cc3n4-c3cc(-c4ccccc4)cc(-c4ccccc4)c3)c2)c2ccc3ccccc3c2)cc1. The van der Waals surface area contributed by atoms with E-state index in [2.05, 4.69) is 235 Å². The Hall–Kier alpha value is -7.91. The Kier molecular flexibility index (Phi) is 9.57. The smallest absolute Gasteiger partial charge is 0.0553 e. The molecule has 0 spiro atoms. The zero-order valence-electron chi connectivity index (χ0n) is 34.5. The van der Waals surface area contributed by atoms with E-state index in [0.717, 1.165) is 72.5 Å². The van der Waals surface area contributed by atoms with Crippen LogP contribution in [-0.2, 0) is 0 Å². The van der Waals surface area contributed by atoms with E-state index in [-0.39, 0.29) is 0 Å². The van der Waals surface area contributed by atoms with Crippen LogP contribution in [0.4, 0.5) is 17.1 Å². The van der Waals surface area contributed by atoms with E-state index in [4.69, 9.17) is 11.6 Å². The molecule has 0 fully saturated rings. The Labute approximate surface area is 372 Å². The van der Waals surface area contributed by atoms with Crippen LogP contribution in [0.25, 0.3) is 94.6 Å². The van der Waals surface area contributed by atoms with Crippen molar-refractivity contribution in [3.8, 4) is 39.1 Å². The lowest BCUT2D eigenvalue weighted by Crippen LogP contribution is -2.10. The minimum absolute atomic E-state index is 0.658. The molecule has 0 unspecified atom stereocenters. The van der Waals surface area contributed by atoms with Gasteiger partial charge in [0.1, 0.15) is 0 Å². The molecule has 10 aromatic carbocycles. The van der Waals surface area contributed by atoms with Crippen molar-refractivity contribution in [2.75, 3.05) is 4.90 Å². The van der Waals surface area contributed by atoms with Crippen LogP contribution in [0.3, 0.4) is 0 Å². The highest BCUT2D eigenvalue weighted by atomic mass is 35.5. The fraction of sp³-hybridized carbons (Fsp3) is 0. The largest absolute Gasteiger partial charge is 0.310 e. The van der Waals surface area contributed by atoms with Gasteiger partial charge in [-0.25, -0.2) is 0 Å². The standard InChI is InChI=1S/C60H41ClN2/c1-3-40-23-27-51(28-24-40)62(52-29-25-44-19-11-12-20-45(44)33-52)54-36-49(32-50(61)39-54)46-26-30-58-57(37-46)60-56-22-14-13-21-55(56)41(4-2)38-59(60)63(58)53-34-47(42-15-7-5-8-16-42)31-48(35-53)43-17-9-6-10-18-43/h3-39H,1-2H2. The second-order valence-electron chi connectivity index (χ2n) is 16.0. The molecule has 0 atom stereocenters. The maximum Gasteiger partial charge on any atom is 0.0553 e. The van der Waals surface area contributed by atoms with Crippen molar-refractivity contribution in [3.63, 3.8) is 0 Å². The third-order valence-corrected chi connectivity index (χ3v) is 12.5. The number of aromatic nitrogens is 1. The van der Waals surface area contributed by atoms with E-state index in [1.54, 1.807) is 0 Å². The summed E-state index contributed by atoms with van der Waals surface area (Å²) in [6, 6.07) is 76.1. The number of rotatable bonds is 9. The predicted molar refractivity (Wildman–Crippen MR) is 272 cm³/mol. The van der Waals surface area contributed by atoms with E-state index in [9.17, 15) is 0 Å². The van der Waals surface area contributed by atoms with Gasteiger partial charge in [-0.05, 0) is 145 Å². The van der Waals surface area contributed by atoms with Crippen LogP contribution in [0.1, 0.15) is 11.1 Å². The zero-order valence-corrected chi connectivity index (χ0v) is 35.3. The quantitative estimate of drug-likeness (QED) is 0.141. The molecule has 0 bridgehead atoms. The van der Waals surface area contributed by atoms with Gasteiger partial charge in [0.2, 0.25) is 0 Å². The number of nitrogens with zero attached hydrogens (tertiary/aromatic N) is 2. The third kappa shape index (κ3) is 6.88. The average molecular weight is 825 g/mol.